The summed E-state index contributed by atoms with van der Waals surface area (Å²) < 4.78 is 5.44. The van der Waals surface area contributed by atoms with Gasteiger partial charge in [0.1, 0.15) is 5.75 Å². The first-order valence-corrected chi connectivity index (χ1v) is 8.13. The molecule has 3 heteroatoms. The fourth-order valence-electron chi connectivity index (χ4n) is 2.96. The van der Waals surface area contributed by atoms with Gasteiger partial charge in [-0.25, -0.2) is 0 Å². The molecule has 0 aliphatic carbocycles. The van der Waals surface area contributed by atoms with Gasteiger partial charge in [-0.05, 0) is 62.4 Å². The Balaban J connectivity index is 1.89. The van der Waals surface area contributed by atoms with Crippen molar-refractivity contribution in [1.82, 2.24) is 4.90 Å². The van der Waals surface area contributed by atoms with Crippen molar-refractivity contribution in [3.8, 4) is 5.75 Å². The van der Waals surface area contributed by atoms with Crippen molar-refractivity contribution in [3.05, 3.63) is 29.8 Å². The van der Waals surface area contributed by atoms with Crippen LogP contribution < -0.4 is 4.74 Å². The lowest BCUT2D eigenvalue weighted by atomic mass is 9.85. The van der Waals surface area contributed by atoms with Crippen molar-refractivity contribution >= 4 is 0 Å². The second kappa shape index (κ2) is 7.28. The van der Waals surface area contributed by atoms with Crippen LogP contribution in [0, 0.1) is 5.41 Å². The predicted octanol–water partition coefficient (Wildman–Crippen LogP) is 3.63. The third kappa shape index (κ3) is 5.01. The van der Waals surface area contributed by atoms with Gasteiger partial charge in [-0.2, -0.15) is 0 Å². The van der Waals surface area contributed by atoms with Gasteiger partial charge in [0.25, 0.3) is 0 Å². The van der Waals surface area contributed by atoms with Crippen LogP contribution in [0.4, 0.5) is 0 Å². The quantitative estimate of drug-likeness (QED) is 0.899. The summed E-state index contributed by atoms with van der Waals surface area (Å²) in [4.78, 5) is 2.40. The zero-order valence-corrected chi connectivity index (χ0v) is 13.6. The maximum absolute atomic E-state index is 10.4. The summed E-state index contributed by atoms with van der Waals surface area (Å²) in [5.41, 5.74) is 1.42. The van der Waals surface area contributed by atoms with E-state index in [2.05, 4.69) is 18.7 Å². The largest absolute Gasteiger partial charge is 0.494 e. The summed E-state index contributed by atoms with van der Waals surface area (Å²) in [6, 6.07) is 7.82. The van der Waals surface area contributed by atoms with Crippen LogP contribution >= 0.6 is 0 Å². The molecule has 3 nitrogen and oxygen atoms in total. The Morgan fingerprint density at radius 2 is 1.90 bits per heavy atom. The van der Waals surface area contributed by atoms with Crippen molar-refractivity contribution < 1.29 is 9.84 Å². The van der Waals surface area contributed by atoms with E-state index >= 15 is 0 Å². The first kappa shape index (κ1) is 16.3. The van der Waals surface area contributed by atoms with Crippen LogP contribution in [0.5, 0.6) is 5.75 Å². The van der Waals surface area contributed by atoms with E-state index in [0.717, 1.165) is 30.9 Å². The van der Waals surface area contributed by atoms with E-state index in [-0.39, 0.29) is 0 Å². The Kier molecular flexibility index (Phi) is 5.65. The minimum atomic E-state index is -0.415. The number of hydrogen-bond acceptors (Lipinski definition) is 3. The van der Waals surface area contributed by atoms with E-state index in [9.17, 15) is 5.11 Å². The lowest BCUT2D eigenvalue weighted by molar-refractivity contribution is 0.113. The van der Waals surface area contributed by atoms with Gasteiger partial charge >= 0.3 is 0 Å². The molecule has 1 aliphatic heterocycles. The monoisotopic (exact) mass is 291 g/mol. The summed E-state index contributed by atoms with van der Waals surface area (Å²) in [6.45, 7) is 10.2. The number of ether oxygens (including phenoxy) is 1. The van der Waals surface area contributed by atoms with Crippen LogP contribution in [0.15, 0.2) is 24.3 Å². The van der Waals surface area contributed by atoms with E-state index in [1.807, 2.05) is 31.2 Å². The normalized spacial score (nSPS) is 20.8. The summed E-state index contributed by atoms with van der Waals surface area (Å²) in [7, 11) is 0. The van der Waals surface area contributed by atoms with Crippen LogP contribution in [0.3, 0.4) is 0 Å². The van der Waals surface area contributed by atoms with Crippen molar-refractivity contribution in [2.45, 2.75) is 46.1 Å². The molecule has 1 saturated heterocycles. The molecule has 118 valence electrons. The first-order chi connectivity index (χ1) is 10.00. The van der Waals surface area contributed by atoms with Crippen LogP contribution in [0.2, 0.25) is 0 Å². The molecular formula is C18H29NO2. The summed E-state index contributed by atoms with van der Waals surface area (Å²) in [6.07, 6.45) is 3.30. The highest BCUT2D eigenvalue weighted by Crippen LogP contribution is 2.30. The lowest BCUT2D eigenvalue weighted by Gasteiger charge is -2.25. The number of nitrogens with zero attached hydrogens (tertiary/aromatic N) is 1. The van der Waals surface area contributed by atoms with Crippen LogP contribution in [-0.2, 0) is 0 Å². The molecule has 1 fully saturated rings. The van der Waals surface area contributed by atoms with Gasteiger partial charge < -0.3 is 14.7 Å². The second-order valence-corrected chi connectivity index (χ2v) is 6.84. The SMILES string of the molecule is CCOc1ccc(C(O)CN2CCCC(C)(C)CC2)cc1. The van der Waals surface area contributed by atoms with E-state index in [4.69, 9.17) is 4.74 Å². The highest BCUT2D eigenvalue weighted by Gasteiger charge is 2.24. The van der Waals surface area contributed by atoms with Gasteiger partial charge in [-0.1, -0.05) is 26.0 Å². The summed E-state index contributed by atoms with van der Waals surface area (Å²) in [5.74, 6) is 0.866. The van der Waals surface area contributed by atoms with Gasteiger partial charge in [0.05, 0.1) is 12.7 Å². The molecule has 0 spiro atoms. The molecule has 1 aliphatic rings. The molecule has 1 unspecified atom stereocenters. The molecule has 0 amide bonds. The molecule has 0 bridgehead atoms. The van der Waals surface area contributed by atoms with Gasteiger partial charge in [0.2, 0.25) is 0 Å². The summed E-state index contributed by atoms with van der Waals surface area (Å²) in [5, 5.41) is 10.4. The van der Waals surface area contributed by atoms with Gasteiger partial charge in [-0.3, -0.25) is 0 Å². The zero-order chi connectivity index (χ0) is 15.3. The number of aliphatic hydroxyl groups excluding tert-OH is 1. The Morgan fingerprint density at radius 3 is 2.57 bits per heavy atom. The minimum absolute atomic E-state index is 0.415. The number of rotatable bonds is 5. The molecule has 1 aromatic carbocycles. The van der Waals surface area contributed by atoms with Gasteiger partial charge in [-0.15, -0.1) is 0 Å². The second-order valence-electron chi connectivity index (χ2n) is 6.84. The van der Waals surface area contributed by atoms with E-state index < -0.39 is 6.10 Å². The fraction of sp³-hybridized carbons (Fsp3) is 0.667. The maximum Gasteiger partial charge on any atom is 0.119 e. The number of benzene rings is 1. The van der Waals surface area contributed by atoms with Crippen molar-refractivity contribution in [2.75, 3.05) is 26.2 Å². The molecule has 1 heterocycles. The highest BCUT2D eigenvalue weighted by molar-refractivity contribution is 5.28. The highest BCUT2D eigenvalue weighted by atomic mass is 16.5. The fourth-order valence-corrected chi connectivity index (χ4v) is 2.96. The minimum Gasteiger partial charge on any atom is -0.494 e. The predicted molar refractivity (Wildman–Crippen MR) is 86.6 cm³/mol. The maximum atomic E-state index is 10.4. The van der Waals surface area contributed by atoms with Crippen LogP contribution in [-0.4, -0.2) is 36.2 Å². The summed E-state index contributed by atoms with van der Waals surface area (Å²) >= 11 is 0. The standard InChI is InChI=1S/C18H29NO2/c1-4-21-16-8-6-15(7-9-16)17(20)14-19-12-5-10-18(2,3)11-13-19/h6-9,17,20H,4-5,10-14H2,1-3H3. The molecule has 1 atom stereocenters. The molecule has 21 heavy (non-hydrogen) atoms. The van der Waals surface area contributed by atoms with E-state index in [1.165, 1.54) is 19.3 Å². The Morgan fingerprint density at radius 1 is 1.19 bits per heavy atom. The Bertz CT molecular complexity index is 427. The molecular weight excluding hydrogens is 262 g/mol. The van der Waals surface area contributed by atoms with Crippen molar-refractivity contribution in [2.24, 2.45) is 5.41 Å². The van der Waals surface area contributed by atoms with Crippen molar-refractivity contribution in [3.63, 3.8) is 0 Å². The van der Waals surface area contributed by atoms with Gasteiger partial charge in [0.15, 0.2) is 0 Å². The molecule has 1 N–H and O–H groups in total. The third-order valence-electron chi connectivity index (χ3n) is 4.44. The van der Waals surface area contributed by atoms with Crippen LogP contribution in [0.1, 0.15) is 51.7 Å². The zero-order valence-electron chi connectivity index (χ0n) is 13.6. The average Bonchev–Trinajstić information content (AvgIpc) is 2.61. The number of hydrogen-bond donors (Lipinski definition) is 1. The first-order valence-electron chi connectivity index (χ1n) is 8.13. The Labute approximate surface area is 128 Å². The molecule has 0 radical (unpaired) electrons. The molecule has 1 aromatic rings. The van der Waals surface area contributed by atoms with E-state index in [0.29, 0.717) is 12.0 Å². The number of β-amino-alcohol motifs (C(OH)–C–C–N with tert-alkyl or cyclic N) is 1. The van der Waals surface area contributed by atoms with Gasteiger partial charge in [0, 0.05) is 6.54 Å². The topological polar surface area (TPSA) is 32.7 Å². The van der Waals surface area contributed by atoms with E-state index in [1.54, 1.807) is 0 Å². The number of aliphatic hydroxyl groups is 1. The smallest absolute Gasteiger partial charge is 0.119 e. The third-order valence-corrected chi connectivity index (χ3v) is 4.44. The average molecular weight is 291 g/mol. The Hall–Kier alpha value is -1.06. The number of likely N-dealkylation sites (tertiary alicyclic amines) is 1. The lowest BCUT2D eigenvalue weighted by Crippen LogP contribution is -2.30. The van der Waals surface area contributed by atoms with Crippen LogP contribution in [0.25, 0.3) is 0 Å². The molecule has 0 aromatic heterocycles. The molecule has 2 rings (SSSR count). The molecule has 0 saturated carbocycles. The van der Waals surface area contributed by atoms with Crippen molar-refractivity contribution in [1.29, 1.82) is 0 Å².